The first-order valence-corrected chi connectivity index (χ1v) is 8.92. The molecule has 0 spiro atoms. The van der Waals surface area contributed by atoms with Crippen molar-refractivity contribution in [2.24, 2.45) is 0 Å². The van der Waals surface area contributed by atoms with Crippen LogP contribution in [-0.4, -0.2) is 5.78 Å². The van der Waals surface area contributed by atoms with Crippen LogP contribution in [0.2, 0.25) is 0 Å². The van der Waals surface area contributed by atoms with E-state index in [2.05, 4.69) is 71.0 Å². The second-order valence-electron chi connectivity index (χ2n) is 8.40. The van der Waals surface area contributed by atoms with Crippen LogP contribution < -0.4 is 0 Å². The predicted molar refractivity (Wildman–Crippen MR) is 108 cm³/mol. The third-order valence-corrected chi connectivity index (χ3v) is 5.49. The number of ketones is 1. The molecule has 0 aliphatic carbocycles. The van der Waals surface area contributed by atoms with Crippen LogP contribution in [0.1, 0.15) is 54.7 Å². The molecule has 4 aromatic carbocycles. The summed E-state index contributed by atoms with van der Waals surface area (Å²) in [4.78, 5) is 12.4. The van der Waals surface area contributed by atoms with Crippen molar-refractivity contribution in [3.8, 4) is 0 Å². The van der Waals surface area contributed by atoms with Crippen LogP contribution in [0.4, 0.5) is 0 Å². The van der Waals surface area contributed by atoms with Gasteiger partial charge in [0.05, 0.1) is 0 Å². The molecule has 4 rings (SSSR count). The van der Waals surface area contributed by atoms with Crippen molar-refractivity contribution in [1.29, 1.82) is 0 Å². The Balaban J connectivity index is 2.35. The van der Waals surface area contributed by atoms with E-state index in [1.807, 2.05) is 0 Å². The van der Waals surface area contributed by atoms with Crippen LogP contribution in [0.3, 0.4) is 0 Å². The van der Waals surface area contributed by atoms with E-state index in [1.54, 1.807) is 6.92 Å². The van der Waals surface area contributed by atoms with Crippen molar-refractivity contribution < 1.29 is 4.79 Å². The van der Waals surface area contributed by atoms with Gasteiger partial charge in [0.1, 0.15) is 0 Å². The highest BCUT2D eigenvalue weighted by Gasteiger charge is 2.20. The van der Waals surface area contributed by atoms with Crippen LogP contribution >= 0.6 is 0 Å². The molecule has 0 aliphatic rings. The number of aryl methyl sites for hydroxylation is 2. The average Bonchev–Trinajstić information content (AvgIpc) is 2.52. The van der Waals surface area contributed by atoms with Gasteiger partial charge in [-0.1, -0.05) is 45.0 Å². The lowest BCUT2D eigenvalue weighted by Crippen LogP contribution is -2.11. The third-order valence-electron chi connectivity index (χ3n) is 5.49. The Hall–Kier alpha value is -2.41. The third kappa shape index (κ3) is 2.26. The molecule has 0 saturated heterocycles. The molecule has 1 nitrogen and oxygen atoms in total. The summed E-state index contributed by atoms with van der Waals surface area (Å²) in [5.41, 5.74) is 4.69. The lowest BCUT2D eigenvalue weighted by molar-refractivity contribution is 0.101. The van der Waals surface area contributed by atoms with Crippen LogP contribution in [-0.2, 0) is 5.41 Å². The van der Waals surface area contributed by atoms with E-state index in [4.69, 9.17) is 0 Å². The number of carbonyl (C=O) groups excluding carboxylic acids is 1. The quantitative estimate of drug-likeness (QED) is 0.280. The Morgan fingerprint density at radius 1 is 0.800 bits per heavy atom. The van der Waals surface area contributed by atoms with E-state index < -0.39 is 0 Å². The van der Waals surface area contributed by atoms with E-state index in [9.17, 15) is 4.79 Å². The van der Waals surface area contributed by atoms with Crippen molar-refractivity contribution in [2.75, 3.05) is 0 Å². The maximum Gasteiger partial charge on any atom is 0.160 e. The zero-order valence-corrected chi connectivity index (χ0v) is 15.9. The van der Waals surface area contributed by atoms with Crippen LogP contribution in [0.5, 0.6) is 0 Å². The number of Topliss-reactive ketones (excluding diaryl/α,β-unsaturated/α-hetero) is 1. The Bertz CT molecular complexity index is 1160. The number of hydrogen-bond acceptors (Lipinski definition) is 1. The molecular weight excluding hydrogens is 304 g/mol. The summed E-state index contributed by atoms with van der Waals surface area (Å²) in [5, 5.41) is 7.35. The Morgan fingerprint density at radius 2 is 1.48 bits per heavy atom. The van der Waals surface area contributed by atoms with Gasteiger partial charge in [0.15, 0.2) is 5.78 Å². The minimum atomic E-state index is 0.0460. The fraction of sp³-hybridized carbons (Fsp3) is 0.292. The molecule has 0 N–H and O–H groups in total. The first kappa shape index (κ1) is 16.1. The second kappa shape index (κ2) is 5.05. The molecule has 0 amide bonds. The Labute approximate surface area is 149 Å². The number of carbonyl (C=O) groups is 1. The molecule has 1 heteroatoms. The van der Waals surface area contributed by atoms with Gasteiger partial charge >= 0.3 is 0 Å². The van der Waals surface area contributed by atoms with Gasteiger partial charge in [-0.05, 0) is 87.3 Å². The molecular formula is C24H24O. The first-order chi connectivity index (χ1) is 11.7. The lowest BCUT2D eigenvalue weighted by atomic mass is 9.81. The smallest absolute Gasteiger partial charge is 0.160 e. The largest absolute Gasteiger partial charge is 0.294 e. The van der Waals surface area contributed by atoms with Crippen molar-refractivity contribution in [3.63, 3.8) is 0 Å². The van der Waals surface area contributed by atoms with E-state index in [0.29, 0.717) is 0 Å². The minimum absolute atomic E-state index is 0.0460. The lowest BCUT2D eigenvalue weighted by Gasteiger charge is -2.23. The maximum absolute atomic E-state index is 12.4. The number of rotatable bonds is 1. The molecule has 0 saturated carbocycles. The molecule has 4 aromatic rings. The van der Waals surface area contributed by atoms with Crippen molar-refractivity contribution in [3.05, 3.63) is 58.7 Å². The molecule has 0 radical (unpaired) electrons. The van der Waals surface area contributed by atoms with Crippen LogP contribution in [0, 0.1) is 13.8 Å². The molecule has 0 aliphatic heterocycles. The second-order valence-corrected chi connectivity index (χ2v) is 8.40. The van der Waals surface area contributed by atoms with Crippen molar-refractivity contribution in [1.82, 2.24) is 0 Å². The summed E-state index contributed by atoms with van der Waals surface area (Å²) in [7, 11) is 0. The molecule has 0 aromatic heterocycles. The molecule has 25 heavy (non-hydrogen) atoms. The van der Waals surface area contributed by atoms with Gasteiger partial charge < -0.3 is 0 Å². The van der Waals surface area contributed by atoms with Gasteiger partial charge in [-0.15, -0.1) is 0 Å². The van der Waals surface area contributed by atoms with Crippen LogP contribution in [0.15, 0.2) is 36.4 Å². The predicted octanol–water partition coefficient (Wildman–Crippen LogP) is 6.70. The SMILES string of the molecule is CC(=O)c1cc2c(C)cc(C)c3ccc4cc(C(C)(C)C)cc1c4c32. The summed E-state index contributed by atoms with van der Waals surface area (Å²) >= 11 is 0. The van der Waals surface area contributed by atoms with Crippen LogP contribution in [0.25, 0.3) is 32.3 Å². The Morgan fingerprint density at radius 3 is 2.12 bits per heavy atom. The fourth-order valence-corrected chi connectivity index (χ4v) is 4.10. The van der Waals surface area contributed by atoms with E-state index >= 15 is 0 Å². The summed E-state index contributed by atoms with van der Waals surface area (Å²) in [6.45, 7) is 12.7. The molecule has 126 valence electrons. The highest BCUT2D eigenvalue weighted by molar-refractivity contribution is 6.28. The molecule has 0 unspecified atom stereocenters. The first-order valence-electron chi connectivity index (χ1n) is 8.92. The van der Waals surface area contributed by atoms with Crippen molar-refractivity contribution in [2.45, 2.75) is 47.0 Å². The van der Waals surface area contributed by atoms with Gasteiger partial charge in [-0.2, -0.15) is 0 Å². The fourth-order valence-electron chi connectivity index (χ4n) is 4.10. The van der Waals surface area contributed by atoms with Gasteiger partial charge in [0, 0.05) is 5.56 Å². The minimum Gasteiger partial charge on any atom is -0.294 e. The van der Waals surface area contributed by atoms with E-state index in [-0.39, 0.29) is 11.2 Å². The van der Waals surface area contributed by atoms with Gasteiger partial charge in [-0.25, -0.2) is 0 Å². The van der Waals surface area contributed by atoms with E-state index in [0.717, 1.165) is 10.9 Å². The zero-order valence-electron chi connectivity index (χ0n) is 15.9. The number of hydrogen-bond donors (Lipinski definition) is 0. The normalized spacial score (nSPS) is 12.6. The van der Waals surface area contributed by atoms with Crippen molar-refractivity contribution >= 4 is 38.1 Å². The van der Waals surface area contributed by atoms with Gasteiger partial charge in [-0.3, -0.25) is 4.79 Å². The molecule has 0 atom stereocenters. The standard InChI is InChI=1S/C24H24O/c1-13-9-14(2)19-12-20(15(3)25)21-11-17(24(4,5)6)10-16-7-8-18(13)23(19)22(16)21/h7-12H,1-6H3. The number of benzene rings is 4. The molecule has 0 heterocycles. The summed E-state index contributed by atoms with van der Waals surface area (Å²) < 4.78 is 0. The zero-order chi connectivity index (χ0) is 18.1. The maximum atomic E-state index is 12.4. The summed E-state index contributed by atoms with van der Waals surface area (Å²) in [6, 6.07) is 13.3. The van der Waals surface area contributed by atoms with E-state index in [1.165, 1.54) is 43.6 Å². The summed E-state index contributed by atoms with van der Waals surface area (Å²) in [5.74, 6) is 0.134. The molecule has 0 bridgehead atoms. The topological polar surface area (TPSA) is 17.1 Å². The average molecular weight is 328 g/mol. The Kier molecular flexibility index (Phi) is 3.25. The highest BCUT2D eigenvalue weighted by atomic mass is 16.1. The summed E-state index contributed by atoms with van der Waals surface area (Å²) in [6.07, 6.45) is 0. The molecule has 0 fully saturated rings. The monoisotopic (exact) mass is 328 g/mol. The van der Waals surface area contributed by atoms with Gasteiger partial charge in [0.2, 0.25) is 0 Å². The highest BCUT2D eigenvalue weighted by Crippen LogP contribution is 2.41. The van der Waals surface area contributed by atoms with Gasteiger partial charge in [0.25, 0.3) is 0 Å².